The Kier molecular flexibility index (Phi) is 2.88. The molecule has 1 rings (SSSR count). The Balaban J connectivity index is 2.28. The van der Waals surface area contributed by atoms with E-state index < -0.39 is 5.97 Å². The summed E-state index contributed by atoms with van der Waals surface area (Å²) in [6, 6.07) is 0.436. The van der Waals surface area contributed by atoms with E-state index in [1.165, 1.54) is 6.42 Å². The largest absolute Gasteiger partial charge is 0.481 e. The lowest BCUT2D eigenvalue weighted by molar-refractivity contribution is -0.138. The number of nitrogens with one attached hydrogen (secondary N) is 1. The van der Waals surface area contributed by atoms with E-state index in [9.17, 15) is 4.79 Å². The highest BCUT2D eigenvalue weighted by atomic mass is 16.4. The first-order valence-corrected chi connectivity index (χ1v) is 4.15. The van der Waals surface area contributed by atoms with Crippen LogP contribution in [-0.4, -0.2) is 23.7 Å². The molecule has 0 aromatic carbocycles. The second kappa shape index (κ2) is 3.72. The minimum atomic E-state index is -0.689. The Bertz CT molecular complexity index is 141. The van der Waals surface area contributed by atoms with Gasteiger partial charge in [0, 0.05) is 12.5 Å². The summed E-state index contributed by atoms with van der Waals surface area (Å²) in [4.78, 5) is 10.3. The molecule has 1 aliphatic rings. The van der Waals surface area contributed by atoms with Gasteiger partial charge in [-0.05, 0) is 25.3 Å². The zero-order chi connectivity index (χ0) is 8.27. The minimum absolute atomic E-state index is 0.273. The summed E-state index contributed by atoms with van der Waals surface area (Å²) in [5.74, 6) is -0.416. The number of carbonyl (C=O) groups is 1. The van der Waals surface area contributed by atoms with Crippen LogP contribution in [-0.2, 0) is 4.79 Å². The maximum atomic E-state index is 10.3. The fourth-order valence-electron chi connectivity index (χ4n) is 1.61. The van der Waals surface area contributed by atoms with E-state index >= 15 is 0 Å². The number of carboxylic acid groups (broad SMARTS) is 1. The van der Waals surface area contributed by atoms with Gasteiger partial charge in [0.15, 0.2) is 0 Å². The summed E-state index contributed by atoms with van der Waals surface area (Å²) < 4.78 is 0. The Morgan fingerprint density at radius 1 is 1.82 bits per heavy atom. The predicted octanol–water partition coefficient (Wildman–Crippen LogP) is 0.849. The molecule has 1 aliphatic heterocycles. The highest BCUT2D eigenvalue weighted by Gasteiger charge is 2.22. The summed E-state index contributed by atoms with van der Waals surface area (Å²) in [5, 5.41) is 11.8. The lowest BCUT2D eigenvalue weighted by atomic mass is 9.97. The first-order valence-electron chi connectivity index (χ1n) is 4.15. The molecule has 0 aromatic heterocycles. The van der Waals surface area contributed by atoms with Crippen molar-refractivity contribution in [3.05, 3.63) is 0 Å². The Morgan fingerprint density at radius 3 is 3.00 bits per heavy atom. The Labute approximate surface area is 66.8 Å². The molecule has 0 unspecified atom stereocenters. The van der Waals surface area contributed by atoms with Crippen LogP contribution in [0.3, 0.4) is 0 Å². The SMILES string of the molecule is C[C@@H](CC(=O)O)[C@@H]1CCCN1. The van der Waals surface area contributed by atoms with Gasteiger partial charge in [-0.15, -0.1) is 0 Å². The lowest BCUT2D eigenvalue weighted by Gasteiger charge is -2.16. The van der Waals surface area contributed by atoms with Crippen LogP contribution in [0.15, 0.2) is 0 Å². The van der Waals surface area contributed by atoms with Gasteiger partial charge in [-0.25, -0.2) is 0 Å². The summed E-state index contributed by atoms with van der Waals surface area (Å²) >= 11 is 0. The van der Waals surface area contributed by atoms with Crippen molar-refractivity contribution >= 4 is 5.97 Å². The van der Waals surface area contributed by atoms with Crippen molar-refractivity contribution < 1.29 is 9.90 Å². The van der Waals surface area contributed by atoms with Crippen LogP contribution in [0.5, 0.6) is 0 Å². The maximum Gasteiger partial charge on any atom is 0.303 e. The van der Waals surface area contributed by atoms with Crippen LogP contribution in [0.25, 0.3) is 0 Å². The van der Waals surface area contributed by atoms with Crippen molar-refractivity contribution in [3.63, 3.8) is 0 Å². The van der Waals surface area contributed by atoms with E-state index in [-0.39, 0.29) is 12.3 Å². The molecular formula is C8H15NO2. The van der Waals surface area contributed by atoms with E-state index in [0.717, 1.165) is 13.0 Å². The average Bonchev–Trinajstić information content (AvgIpc) is 2.35. The van der Waals surface area contributed by atoms with Gasteiger partial charge in [-0.3, -0.25) is 4.79 Å². The third kappa shape index (κ3) is 2.50. The summed E-state index contributed by atoms with van der Waals surface area (Å²) in [5.41, 5.74) is 0. The van der Waals surface area contributed by atoms with E-state index in [4.69, 9.17) is 5.11 Å². The van der Waals surface area contributed by atoms with E-state index in [1.54, 1.807) is 0 Å². The van der Waals surface area contributed by atoms with Gasteiger partial charge in [0.25, 0.3) is 0 Å². The minimum Gasteiger partial charge on any atom is -0.481 e. The standard InChI is InChI=1S/C8H15NO2/c1-6(5-8(10)11)7-3-2-4-9-7/h6-7,9H,2-5H2,1H3,(H,10,11)/t6-,7-/m0/s1. The molecule has 2 atom stereocenters. The van der Waals surface area contributed by atoms with Gasteiger partial charge in [0.1, 0.15) is 0 Å². The van der Waals surface area contributed by atoms with Crippen molar-refractivity contribution in [1.82, 2.24) is 5.32 Å². The fraction of sp³-hybridized carbons (Fsp3) is 0.875. The molecule has 64 valence electrons. The Hall–Kier alpha value is -0.570. The van der Waals surface area contributed by atoms with E-state index in [2.05, 4.69) is 5.32 Å². The van der Waals surface area contributed by atoms with Crippen molar-refractivity contribution in [2.45, 2.75) is 32.2 Å². The molecule has 3 heteroatoms. The molecule has 0 bridgehead atoms. The van der Waals surface area contributed by atoms with Crippen LogP contribution in [0.2, 0.25) is 0 Å². The van der Waals surface area contributed by atoms with E-state index in [1.807, 2.05) is 6.92 Å². The summed E-state index contributed by atoms with van der Waals surface area (Å²) in [6.45, 7) is 3.05. The molecule has 0 saturated carbocycles. The van der Waals surface area contributed by atoms with Crippen LogP contribution in [0.4, 0.5) is 0 Å². The first-order chi connectivity index (χ1) is 5.20. The Morgan fingerprint density at radius 2 is 2.55 bits per heavy atom. The third-order valence-corrected chi connectivity index (χ3v) is 2.28. The zero-order valence-corrected chi connectivity index (χ0v) is 6.84. The van der Waals surface area contributed by atoms with E-state index in [0.29, 0.717) is 6.04 Å². The second-order valence-electron chi connectivity index (χ2n) is 3.28. The van der Waals surface area contributed by atoms with Gasteiger partial charge < -0.3 is 10.4 Å². The molecule has 1 fully saturated rings. The van der Waals surface area contributed by atoms with Gasteiger partial charge in [0.2, 0.25) is 0 Å². The molecular weight excluding hydrogens is 142 g/mol. The summed E-state index contributed by atoms with van der Waals surface area (Å²) in [7, 11) is 0. The van der Waals surface area contributed by atoms with Crippen molar-refractivity contribution in [2.24, 2.45) is 5.92 Å². The van der Waals surface area contributed by atoms with Crippen LogP contribution in [0, 0.1) is 5.92 Å². The lowest BCUT2D eigenvalue weighted by Crippen LogP contribution is -2.29. The van der Waals surface area contributed by atoms with Gasteiger partial charge in [-0.1, -0.05) is 6.92 Å². The van der Waals surface area contributed by atoms with Crippen LogP contribution < -0.4 is 5.32 Å². The number of carboxylic acids is 1. The average molecular weight is 157 g/mol. The monoisotopic (exact) mass is 157 g/mol. The normalized spacial score (nSPS) is 26.8. The van der Waals surface area contributed by atoms with Gasteiger partial charge in [0.05, 0.1) is 0 Å². The first kappa shape index (κ1) is 8.53. The van der Waals surface area contributed by atoms with Gasteiger partial charge in [-0.2, -0.15) is 0 Å². The molecule has 11 heavy (non-hydrogen) atoms. The fourth-order valence-corrected chi connectivity index (χ4v) is 1.61. The number of hydrogen-bond acceptors (Lipinski definition) is 2. The molecule has 1 saturated heterocycles. The van der Waals surface area contributed by atoms with Crippen molar-refractivity contribution in [3.8, 4) is 0 Å². The van der Waals surface area contributed by atoms with Crippen LogP contribution in [0.1, 0.15) is 26.2 Å². The molecule has 0 aliphatic carbocycles. The number of hydrogen-bond donors (Lipinski definition) is 2. The molecule has 0 radical (unpaired) electrons. The topological polar surface area (TPSA) is 49.3 Å². The quantitative estimate of drug-likeness (QED) is 0.638. The smallest absolute Gasteiger partial charge is 0.303 e. The van der Waals surface area contributed by atoms with Gasteiger partial charge >= 0.3 is 5.97 Å². The number of rotatable bonds is 3. The predicted molar refractivity (Wildman–Crippen MR) is 42.4 cm³/mol. The summed E-state index contributed by atoms with van der Waals surface area (Å²) in [6.07, 6.45) is 2.61. The van der Waals surface area contributed by atoms with Crippen molar-refractivity contribution in [2.75, 3.05) is 6.54 Å². The molecule has 0 spiro atoms. The molecule has 2 N–H and O–H groups in total. The third-order valence-electron chi connectivity index (χ3n) is 2.28. The number of aliphatic carboxylic acids is 1. The maximum absolute atomic E-state index is 10.3. The second-order valence-corrected chi connectivity index (χ2v) is 3.28. The van der Waals surface area contributed by atoms with Crippen molar-refractivity contribution in [1.29, 1.82) is 0 Å². The molecule has 3 nitrogen and oxygen atoms in total. The highest BCUT2D eigenvalue weighted by molar-refractivity contribution is 5.67. The van der Waals surface area contributed by atoms with Crippen LogP contribution >= 0.6 is 0 Å². The highest BCUT2D eigenvalue weighted by Crippen LogP contribution is 2.16. The molecule has 1 heterocycles. The molecule has 0 amide bonds. The zero-order valence-electron chi connectivity index (χ0n) is 6.84. The molecule has 0 aromatic rings.